The molecule has 0 aliphatic carbocycles. The van der Waals surface area contributed by atoms with Crippen LogP contribution >= 0.6 is 11.6 Å². The van der Waals surface area contributed by atoms with E-state index in [4.69, 9.17) is 16.3 Å². The molecule has 0 fully saturated rings. The molecule has 0 radical (unpaired) electrons. The van der Waals surface area contributed by atoms with Crippen LogP contribution in [0.5, 0.6) is 11.5 Å². The molecule has 0 aliphatic heterocycles. The summed E-state index contributed by atoms with van der Waals surface area (Å²) in [6.07, 6.45) is 0. The first-order chi connectivity index (χ1) is 7.45. The lowest BCUT2D eigenvalue weighted by Gasteiger charge is -2.13. The second-order valence-electron chi connectivity index (χ2n) is 2.92. The highest BCUT2D eigenvalue weighted by atomic mass is 35.5. The molecule has 0 N–H and O–H groups in total. The normalized spacial score (nSPS) is 10.4. The summed E-state index contributed by atoms with van der Waals surface area (Å²) < 4.78 is 33.4. The molecular weight excluding hydrogens is 242 g/mol. The minimum atomic E-state index is -3.03. The SMILES string of the molecule is COc1cc(Cl)cc(C(C)=O)c1OC(F)F. The highest BCUT2D eigenvalue weighted by Gasteiger charge is 2.19. The number of rotatable bonds is 4. The van der Waals surface area contributed by atoms with Gasteiger partial charge in [-0.2, -0.15) is 8.78 Å². The van der Waals surface area contributed by atoms with Gasteiger partial charge >= 0.3 is 6.61 Å². The molecule has 88 valence electrons. The lowest BCUT2D eigenvalue weighted by Crippen LogP contribution is -2.08. The van der Waals surface area contributed by atoms with Crippen molar-refractivity contribution in [1.82, 2.24) is 0 Å². The van der Waals surface area contributed by atoms with Gasteiger partial charge in [-0.15, -0.1) is 0 Å². The van der Waals surface area contributed by atoms with Crippen molar-refractivity contribution in [3.05, 3.63) is 22.7 Å². The monoisotopic (exact) mass is 250 g/mol. The van der Waals surface area contributed by atoms with Gasteiger partial charge < -0.3 is 9.47 Å². The number of hydrogen-bond acceptors (Lipinski definition) is 3. The molecule has 16 heavy (non-hydrogen) atoms. The molecule has 0 heterocycles. The Balaban J connectivity index is 3.33. The quantitative estimate of drug-likeness (QED) is 0.770. The van der Waals surface area contributed by atoms with Gasteiger partial charge in [0.05, 0.1) is 12.7 Å². The van der Waals surface area contributed by atoms with Crippen LogP contribution in [0.1, 0.15) is 17.3 Å². The molecule has 6 heteroatoms. The van der Waals surface area contributed by atoms with Crippen molar-refractivity contribution in [3.63, 3.8) is 0 Å². The number of benzene rings is 1. The maximum atomic E-state index is 12.2. The summed E-state index contributed by atoms with van der Waals surface area (Å²) in [6, 6.07) is 2.55. The third-order valence-corrected chi connectivity index (χ3v) is 2.04. The van der Waals surface area contributed by atoms with Gasteiger partial charge in [0, 0.05) is 11.1 Å². The number of Topliss-reactive ketones (excluding diaryl/α,β-unsaturated/α-hetero) is 1. The van der Waals surface area contributed by atoms with Gasteiger partial charge in [-0.05, 0) is 13.0 Å². The summed E-state index contributed by atoms with van der Waals surface area (Å²) in [5.41, 5.74) is -0.0374. The van der Waals surface area contributed by atoms with Gasteiger partial charge in [-0.25, -0.2) is 0 Å². The Morgan fingerprint density at radius 1 is 1.44 bits per heavy atom. The molecule has 0 amide bonds. The van der Waals surface area contributed by atoms with Crippen LogP contribution in [-0.2, 0) is 0 Å². The Morgan fingerprint density at radius 3 is 2.50 bits per heavy atom. The van der Waals surface area contributed by atoms with Gasteiger partial charge in [-0.1, -0.05) is 11.6 Å². The van der Waals surface area contributed by atoms with Crippen molar-refractivity contribution in [1.29, 1.82) is 0 Å². The van der Waals surface area contributed by atoms with Gasteiger partial charge in [-0.3, -0.25) is 4.79 Å². The van der Waals surface area contributed by atoms with Gasteiger partial charge in [0.1, 0.15) is 0 Å². The molecule has 0 saturated heterocycles. The van der Waals surface area contributed by atoms with E-state index in [0.717, 1.165) is 0 Å². The molecule has 3 nitrogen and oxygen atoms in total. The number of ketones is 1. The number of alkyl halides is 2. The third kappa shape index (κ3) is 2.82. The molecule has 0 atom stereocenters. The van der Waals surface area contributed by atoms with E-state index < -0.39 is 12.4 Å². The van der Waals surface area contributed by atoms with Crippen LogP contribution in [0.2, 0.25) is 5.02 Å². The zero-order valence-electron chi connectivity index (χ0n) is 8.59. The second-order valence-corrected chi connectivity index (χ2v) is 3.36. The Morgan fingerprint density at radius 2 is 2.06 bits per heavy atom. The minimum Gasteiger partial charge on any atom is -0.493 e. The van der Waals surface area contributed by atoms with Gasteiger partial charge in [0.2, 0.25) is 0 Å². The fraction of sp³-hybridized carbons (Fsp3) is 0.300. The molecule has 0 unspecified atom stereocenters. The molecule has 1 rings (SSSR count). The average Bonchev–Trinajstić information content (AvgIpc) is 2.19. The number of ether oxygens (including phenoxy) is 2. The smallest absolute Gasteiger partial charge is 0.387 e. The number of halogens is 3. The van der Waals surface area contributed by atoms with Crippen molar-refractivity contribution in [2.45, 2.75) is 13.5 Å². The van der Waals surface area contributed by atoms with Crippen LogP contribution in [0.4, 0.5) is 8.78 Å². The predicted octanol–water partition coefficient (Wildman–Crippen LogP) is 3.15. The number of methoxy groups -OCH3 is 1. The predicted molar refractivity (Wildman–Crippen MR) is 54.6 cm³/mol. The Bertz CT molecular complexity index is 407. The van der Waals surface area contributed by atoms with Crippen LogP contribution in [0.25, 0.3) is 0 Å². The topological polar surface area (TPSA) is 35.5 Å². The maximum Gasteiger partial charge on any atom is 0.387 e. The van der Waals surface area contributed by atoms with E-state index in [1.165, 1.54) is 26.2 Å². The first-order valence-electron chi connectivity index (χ1n) is 4.29. The summed E-state index contributed by atoms with van der Waals surface area (Å²) in [5, 5.41) is 0.212. The number of carbonyl (C=O) groups excluding carboxylic acids is 1. The zero-order valence-corrected chi connectivity index (χ0v) is 9.35. The fourth-order valence-corrected chi connectivity index (χ4v) is 1.40. The molecule has 0 bridgehead atoms. The summed E-state index contributed by atoms with van der Waals surface area (Å²) in [6.45, 7) is -1.81. The first kappa shape index (κ1) is 12.7. The molecule has 0 saturated carbocycles. The second kappa shape index (κ2) is 5.12. The Labute approximate surface area is 95.9 Å². The van der Waals surface area contributed by atoms with Crippen molar-refractivity contribution in [2.24, 2.45) is 0 Å². The summed E-state index contributed by atoms with van der Waals surface area (Å²) in [7, 11) is 1.27. The summed E-state index contributed by atoms with van der Waals surface area (Å²) >= 11 is 5.71. The molecule has 1 aromatic rings. The molecule has 0 aliphatic rings. The van der Waals surface area contributed by atoms with E-state index in [1.807, 2.05) is 0 Å². The lowest BCUT2D eigenvalue weighted by molar-refractivity contribution is -0.0515. The largest absolute Gasteiger partial charge is 0.493 e. The van der Waals surface area contributed by atoms with Crippen molar-refractivity contribution in [3.8, 4) is 11.5 Å². The molecule has 0 spiro atoms. The highest BCUT2D eigenvalue weighted by molar-refractivity contribution is 6.31. The Hall–Kier alpha value is -1.36. The number of hydrogen-bond donors (Lipinski definition) is 0. The van der Waals surface area contributed by atoms with E-state index in [9.17, 15) is 13.6 Å². The maximum absolute atomic E-state index is 12.2. The first-order valence-corrected chi connectivity index (χ1v) is 4.66. The highest BCUT2D eigenvalue weighted by Crippen LogP contribution is 2.35. The number of carbonyl (C=O) groups is 1. The van der Waals surface area contributed by atoms with E-state index in [-0.39, 0.29) is 22.1 Å². The van der Waals surface area contributed by atoms with Gasteiger partial charge in [0.15, 0.2) is 17.3 Å². The molecule has 1 aromatic carbocycles. The van der Waals surface area contributed by atoms with E-state index >= 15 is 0 Å². The van der Waals surface area contributed by atoms with E-state index in [0.29, 0.717) is 0 Å². The zero-order chi connectivity index (χ0) is 12.3. The van der Waals surface area contributed by atoms with Crippen LogP contribution in [0.15, 0.2) is 12.1 Å². The standard InChI is InChI=1S/C10H9ClF2O3/c1-5(14)7-3-6(11)4-8(15-2)9(7)16-10(12)13/h3-4,10H,1-2H3. The van der Waals surface area contributed by atoms with Crippen LogP contribution < -0.4 is 9.47 Å². The summed E-state index contributed by atoms with van der Waals surface area (Å²) in [5.74, 6) is -0.733. The summed E-state index contributed by atoms with van der Waals surface area (Å²) in [4.78, 5) is 11.2. The average molecular weight is 251 g/mol. The van der Waals surface area contributed by atoms with Crippen LogP contribution in [0.3, 0.4) is 0 Å². The van der Waals surface area contributed by atoms with Crippen LogP contribution in [-0.4, -0.2) is 19.5 Å². The van der Waals surface area contributed by atoms with Gasteiger partial charge in [0.25, 0.3) is 0 Å². The molecular formula is C10H9ClF2O3. The van der Waals surface area contributed by atoms with E-state index in [2.05, 4.69) is 4.74 Å². The minimum absolute atomic E-state index is 0.00185. The lowest BCUT2D eigenvalue weighted by atomic mass is 10.1. The van der Waals surface area contributed by atoms with Crippen molar-refractivity contribution < 1.29 is 23.0 Å². The van der Waals surface area contributed by atoms with E-state index in [1.54, 1.807) is 0 Å². The fourth-order valence-electron chi connectivity index (χ4n) is 1.19. The van der Waals surface area contributed by atoms with Crippen LogP contribution in [0, 0.1) is 0 Å². The third-order valence-electron chi connectivity index (χ3n) is 1.83. The molecule has 0 aromatic heterocycles. The van der Waals surface area contributed by atoms with Crippen molar-refractivity contribution in [2.75, 3.05) is 7.11 Å². The van der Waals surface area contributed by atoms with Crippen molar-refractivity contribution >= 4 is 17.4 Å². The Kier molecular flexibility index (Phi) is 4.06.